The number of anilines is 1. The third-order valence-corrected chi connectivity index (χ3v) is 3.36. The van der Waals surface area contributed by atoms with Crippen LogP contribution in [0.15, 0.2) is 28.9 Å². The molecule has 2 heterocycles. The Morgan fingerprint density at radius 2 is 2.32 bits per heavy atom. The predicted molar refractivity (Wildman–Crippen MR) is 71.8 cm³/mol. The SMILES string of the molecule is CN1C(=O)Cc2cc(-c3coc(CCN)n3)ccc21. The molecule has 19 heavy (non-hydrogen) atoms. The number of oxazole rings is 1. The maximum absolute atomic E-state index is 11.6. The van der Waals surface area contributed by atoms with Crippen molar-refractivity contribution in [1.29, 1.82) is 0 Å². The smallest absolute Gasteiger partial charge is 0.231 e. The number of carbonyl (C=O) groups is 1. The molecule has 2 aromatic rings. The molecule has 3 rings (SSSR count). The molecule has 0 aliphatic carbocycles. The Bertz CT molecular complexity index is 633. The van der Waals surface area contributed by atoms with Gasteiger partial charge in [-0.25, -0.2) is 4.98 Å². The summed E-state index contributed by atoms with van der Waals surface area (Å²) in [5.41, 5.74) is 9.23. The minimum absolute atomic E-state index is 0.121. The lowest BCUT2D eigenvalue weighted by atomic mass is 10.1. The average molecular weight is 257 g/mol. The van der Waals surface area contributed by atoms with Crippen molar-refractivity contribution in [2.45, 2.75) is 12.8 Å². The van der Waals surface area contributed by atoms with E-state index in [1.165, 1.54) is 0 Å². The van der Waals surface area contributed by atoms with Gasteiger partial charge in [-0.2, -0.15) is 0 Å². The number of aromatic nitrogens is 1. The molecule has 2 N–H and O–H groups in total. The summed E-state index contributed by atoms with van der Waals surface area (Å²) in [6.45, 7) is 0.517. The standard InChI is InChI=1S/C14H15N3O2/c1-17-12-3-2-9(6-10(12)7-14(17)18)11-8-19-13(16-11)4-5-15/h2-3,6,8H,4-5,7,15H2,1H3. The average Bonchev–Trinajstić information content (AvgIpc) is 2.96. The fourth-order valence-corrected chi connectivity index (χ4v) is 2.31. The zero-order valence-electron chi connectivity index (χ0n) is 10.7. The van der Waals surface area contributed by atoms with Gasteiger partial charge in [-0.3, -0.25) is 4.79 Å². The Morgan fingerprint density at radius 3 is 3.11 bits per heavy atom. The third-order valence-electron chi connectivity index (χ3n) is 3.36. The quantitative estimate of drug-likeness (QED) is 0.901. The zero-order chi connectivity index (χ0) is 13.4. The second kappa shape index (κ2) is 4.51. The predicted octanol–water partition coefficient (Wildman–Crippen LogP) is 1.36. The maximum Gasteiger partial charge on any atom is 0.231 e. The number of rotatable bonds is 3. The van der Waals surface area contributed by atoms with Crippen LogP contribution < -0.4 is 10.6 Å². The molecule has 0 saturated carbocycles. The van der Waals surface area contributed by atoms with Gasteiger partial charge in [0, 0.05) is 31.3 Å². The van der Waals surface area contributed by atoms with E-state index in [1.807, 2.05) is 18.2 Å². The van der Waals surface area contributed by atoms with Crippen LogP contribution in [0.25, 0.3) is 11.3 Å². The summed E-state index contributed by atoms with van der Waals surface area (Å²) >= 11 is 0. The summed E-state index contributed by atoms with van der Waals surface area (Å²) < 4.78 is 5.35. The van der Waals surface area contributed by atoms with Gasteiger partial charge >= 0.3 is 0 Å². The van der Waals surface area contributed by atoms with E-state index in [0.717, 1.165) is 22.5 Å². The van der Waals surface area contributed by atoms with Gasteiger partial charge in [0.05, 0.1) is 6.42 Å². The van der Waals surface area contributed by atoms with Crippen LogP contribution in [0.1, 0.15) is 11.5 Å². The minimum atomic E-state index is 0.121. The van der Waals surface area contributed by atoms with Gasteiger partial charge in [-0.1, -0.05) is 6.07 Å². The normalized spacial score (nSPS) is 14.0. The molecule has 1 aromatic heterocycles. The lowest BCUT2D eigenvalue weighted by molar-refractivity contribution is -0.117. The largest absolute Gasteiger partial charge is 0.448 e. The molecular weight excluding hydrogens is 242 g/mol. The minimum Gasteiger partial charge on any atom is -0.448 e. The van der Waals surface area contributed by atoms with Crippen molar-refractivity contribution in [3.63, 3.8) is 0 Å². The van der Waals surface area contributed by atoms with E-state index >= 15 is 0 Å². The van der Waals surface area contributed by atoms with Crippen LogP contribution in [0.3, 0.4) is 0 Å². The Labute approximate surface area is 111 Å². The van der Waals surface area contributed by atoms with Crippen molar-refractivity contribution < 1.29 is 9.21 Å². The monoisotopic (exact) mass is 257 g/mol. The first-order chi connectivity index (χ1) is 9.19. The zero-order valence-corrected chi connectivity index (χ0v) is 10.7. The third kappa shape index (κ3) is 2.02. The second-order valence-corrected chi connectivity index (χ2v) is 4.64. The molecule has 0 bridgehead atoms. The van der Waals surface area contributed by atoms with E-state index < -0.39 is 0 Å². The highest BCUT2D eigenvalue weighted by Crippen LogP contribution is 2.31. The van der Waals surface area contributed by atoms with Gasteiger partial charge in [0.1, 0.15) is 12.0 Å². The Morgan fingerprint density at radius 1 is 1.47 bits per heavy atom. The van der Waals surface area contributed by atoms with Crippen LogP contribution in [-0.2, 0) is 17.6 Å². The first kappa shape index (κ1) is 11.9. The van der Waals surface area contributed by atoms with Crippen molar-refractivity contribution in [3.05, 3.63) is 35.9 Å². The van der Waals surface area contributed by atoms with Crippen molar-refractivity contribution in [2.24, 2.45) is 5.73 Å². The number of amides is 1. The number of nitrogens with two attached hydrogens (primary N) is 1. The molecule has 5 nitrogen and oxygen atoms in total. The molecule has 0 unspecified atom stereocenters. The van der Waals surface area contributed by atoms with Crippen LogP contribution in [0.4, 0.5) is 5.69 Å². The van der Waals surface area contributed by atoms with Crippen molar-refractivity contribution in [3.8, 4) is 11.3 Å². The molecule has 1 amide bonds. The number of benzene rings is 1. The number of fused-ring (bicyclic) bond motifs is 1. The Balaban J connectivity index is 1.94. The molecule has 0 saturated heterocycles. The molecule has 0 fully saturated rings. The highest BCUT2D eigenvalue weighted by atomic mass is 16.3. The van der Waals surface area contributed by atoms with Gasteiger partial charge in [0.2, 0.25) is 5.91 Å². The van der Waals surface area contributed by atoms with E-state index in [-0.39, 0.29) is 5.91 Å². The van der Waals surface area contributed by atoms with Crippen LogP contribution in [-0.4, -0.2) is 24.5 Å². The number of likely N-dealkylation sites (N-methyl/N-ethyl adjacent to an activating group) is 1. The summed E-state index contributed by atoms with van der Waals surface area (Å²) in [4.78, 5) is 17.7. The van der Waals surface area contributed by atoms with Crippen molar-refractivity contribution in [2.75, 3.05) is 18.5 Å². The summed E-state index contributed by atoms with van der Waals surface area (Å²) in [6, 6.07) is 5.91. The van der Waals surface area contributed by atoms with Crippen molar-refractivity contribution >= 4 is 11.6 Å². The number of hydrogen-bond donors (Lipinski definition) is 1. The fraction of sp³-hybridized carbons (Fsp3) is 0.286. The molecule has 0 atom stereocenters. The first-order valence-electron chi connectivity index (χ1n) is 6.23. The molecule has 1 aliphatic heterocycles. The second-order valence-electron chi connectivity index (χ2n) is 4.64. The molecular formula is C14H15N3O2. The Hall–Kier alpha value is -2.14. The molecule has 1 aromatic carbocycles. The first-order valence-corrected chi connectivity index (χ1v) is 6.23. The number of hydrogen-bond acceptors (Lipinski definition) is 4. The van der Waals surface area contributed by atoms with Crippen molar-refractivity contribution in [1.82, 2.24) is 4.98 Å². The fourth-order valence-electron chi connectivity index (χ4n) is 2.31. The van der Waals surface area contributed by atoms with Crippen LogP contribution >= 0.6 is 0 Å². The van der Waals surface area contributed by atoms with E-state index in [9.17, 15) is 4.79 Å². The maximum atomic E-state index is 11.6. The molecule has 98 valence electrons. The van der Waals surface area contributed by atoms with Crippen LogP contribution in [0.2, 0.25) is 0 Å². The summed E-state index contributed by atoms with van der Waals surface area (Å²) in [5.74, 6) is 0.766. The van der Waals surface area contributed by atoms with E-state index in [1.54, 1.807) is 18.2 Å². The van der Waals surface area contributed by atoms with Gasteiger partial charge in [-0.15, -0.1) is 0 Å². The van der Waals surface area contributed by atoms with Crippen LogP contribution in [0.5, 0.6) is 0 Å². The highest BCUT2D eigenvalue weighted by molar-refractivity contribution is 6.01. The highest BCUT2D eigenvalue weighted by Gasteiger charge is 2.24. The van der Waals surface area contributed by atoms with E-state index in [2.05, 4.69) is 4.98 Å². The van der Waals surface area contributed by atoms with Gasteiger partial charge in [-0.05, 0) is 17.7 Å². The summed E-state index contributed by atoms with van der Waals surface area (Å²) in [6.07, 6.45) is 2.71. The number of nitrogens with zero attached hydrogens (tertiary/aromatic N) is 2. The van der Waals surface area contributed by atoms with Gasteiger partial charge in [0.25, 0.3) is 0 Å². The summed E-state index contributed by atoms with van der Waals surface area (Å²) in [7, 11) is 1.79. The Kier molecular flexibility index (Phi) is 2.83. The molecule has 0 spiro atoms. The molecule has 0 radical (unpaired) electrons. The van der Waals surface area contributed by atoms with E-state index in [4.69, 9.17) is 10.2 Å². The van der Waals surface area contributed by atoms with Gasteiger partial charge in [0.15, 0.2) is 5.89 Å². The van der Waals surface area contributed by atoms with Gasteiger partial charge < -0.3 is 15.1 Å². The lowest BCUT2D eigenvalue weighted by Gasteiger charge is -2.09. The summed E-state index contributed by atoms with van der Waals surface area (Å²) in [5, 5.41) is 0. The molecule has 5 heteroatoms. The molecule has 1 aliphatic rings. The number of carbonyl (C=O) groups excluding carboxylic acids is 1. The van der Waals surface area contributed by atoms with E-state index in [0.29, 0.717) is 25.3 Å². The lowest BCUT2D eigenvalue weighted by Crippen LogP contribution is -2.20. The topological polar surface area (TPSA) is 72.4 Å². The van der Waals surface area contributed by atoms with Crippen LogP contribution in [0, 0.1) is 0 Å².